The molecule has 11 heteroatoms. The van der Waals surface area contributed by atoms with Gasteiger partial charge in [-0.3, -0.25) is 0 Å². The lowest BCUT2D eigenvalue weighted by molar-refractivity contribution is -0.131. The Morgan fingerprint density at radius 3 is 0.692 bits per heavy atom. The molecule has 0 aliphatic rings. The molecule has 0 bridgehead atoms. The highest BCUT2D eigenvalue weighted by Gasteiger charge is 2.98. The summed E-state index contributed by atoms with van der Waals surface area (Å²) in [4.78, 5) is 0. The minimum Gasteiger partial charge on any atom is -0.155 e. The van der Waals surface area contributed by atoms with E-state index in [0.29, 0.717) is 0 Å². The Labute approximate surface area is 63.9 Å². The molecule has 0 saturated carbocycles. The van der Waals surface area contributed by atoms with Crippen molar-refractivity contribution in [2.24, 2.45) is 0 Å². The third-order valence-electron chi connectivity index (χ3n) is 0.931. The van der Waals surface area contributed by atoms with Crippen LogP contribution in [0.1, 0.15) is 0 Å². The molecule has 0 atom stereocenters. The minimum atomic E-state index is -12.0. The largest absolute Gasteiger partial charge is 0.514 e. The summed E-state index contributed by atoms with van der Waals surface area (Å²) in [5, 5.41) is 0. The first-order chi connectivity index (χ1) is 5.04. The molecule has 0 unspecified atom stereocenters. The van der Waals surface area contributed by atoms with Gasteiger partial charge >= 0.3 is 20.9 Å². The molecule has 84 valence electrons. The second-order valence-electron chi connectivity index (χ2n) is 1.96. The molecule has 0 spiro atoms. The Balaban J connectivity index is 5.86. The number of alkyl halides is 6. The van der Waals surface area contributed by atoms with E-state index in [4.69, 9.17) is 0 Å². The van der Waals surface area contributed by atoms with Crippen LogP contribution in [0.3, 0.4) is 0 Å². The van der Waals surface area contributed by atoms with Gasteiger partial charge in [0.15, 0.2) is 0 Å². The van der Waals surface area contributed by atoms with Crippen LogP contribution in [0.5, 0.6) is 0 Å². The van der Waals surface area contributed by atoms with Crippen molar-refractivity contribution >= 4 is 9.84 Å². The number of hydrogen-bond acceptors (Lipinski definition) is 0. The Bertz CT molecular complexity index is 199. The maximum absolute atomic E-state index is 12.0. The van der Waals surface area contributed by atoms with Crippen LogP contribution in [-0.4, -0.2) is 11.0 Å². The van der Waals surface area contributed by atoms with Crippen LogP contribution in [0.4, 0.5) is 41.9 Å². The second-order valence-corrected chi connectivity index (χ2v) is 5.02. The van der Waals surface area contributed by atoms with Crippen molar-refractivity contribution in [2.45, 2.75) is 11.0 Å². The van der Waals surface area contributed by atoms with E-state index in [2.05, 4.69) is 0 Å². The minimum absolute atomic E-state index is 7.92. The highest BCUT2D eigenvalue weighted by Crippen LogP contribution is 3.09. The smallest absolute Gasteiger partial charge is 0.155 e. The quantitative estimate of drug-likeness (QED) is 0.554. The van der Waals surface area contributed by atoms with Crippen LogP contribution < -0.4 is 0 Å². The van der Waals surface area contributed by atoms with Crippen molar-refractivity contribution < 1.29 is 41.9 Å². The molecule has 0 aliphatic heterocycles. The van der Waals surface area contributed by atoms with Gasteiger partial charge in [-0.1, -0.05) is 0 Å². The van der Waals surface area contributed by atoms with Crippen LogP contribution in [0.2, 0.25) is 0 Å². The third-order valence-corrected chi connectivity index (χ3v) is 2.79. The van der Waals surface area contributed by atoms with Gasteiger partial charge in [-0.05, 0) is 0 Å². The summed E-state index contributed by atoms with van der Waals surface area (Å²) >= 11 is 0. The summed E-state index contributed by atoms with van der Waals surface area (Å²) in [6.45, 7) is 0. The third kappa shape index (κ3) is 1.23. The van der Waals surface area contributed by atoms with E-state index in [1.807, 2.05) is 0 Å². The van der Waals surface area contributed by atoms with Crippen molar-refractivity contribution in [1.29, 1.82) is 0 Å². The van der Waals surface area contributed by atoms with Gasteiger partial charge in [0.25, 0.3) is 0 Å². The molecule has 0 aromatic heterocycles. The van der Waals surface area contributed by atoms with Gasteiger partial charge in [0.05, 0.1) is 0 Å². The molecule has 0 nitrogen and oxygen atoms in total. The molecule has 0 radical (unpaired) electrons. The normalized spacial score (nSPS) is 20.8. The average molecular weight is 246 g/mol. The van der Waals surface area contributed by atoms with Gasteiger partial charge in [0.2, 0.25) is 0 Å². The van der Waals surface area contributed by atoms with Gasteiger partial charge in [-0.25, -0.2) is 0 Å². The monoisotopic (exact) mass is 246 g/mol. The summed E-state index contributed by atoms with van der Waals surface area (Å²) < 4.78 is 111. The zero-order valence-electron chi connectivity index (χ0n) is 5.19. The molecule has 0 amide bonds. The predicted octanol–water partition coefficient (Wildman–Crippen LogP) is 4.44. The maximum Gasteiger partial charge on any atom is 0.514 e. The first kappa shape index (κ1) is 12.7. The summed E-state index contributed by atoms with van der Waals surface area (Å²) in [7, 11) is -12.0. The summed E-state index contributed by atoms with van der Waals surface area (Å²) in [5.41, 5.74) is -15.8. The molecule has 0 aromatic carbocycles. The highest BCUT2D eigenvalue weighted by atomic mass is 32.5. The van der Waals surface area contributed by atoms with Crippen LogP contribution in [-0.2, 0) is 0 Å². The fourth-order valence-corrected chi connectivity index (χ4v) is 0.394. The maximum atomic E-state index is 11.3. The standard InChI is InChI=1S/C2F10S/c3-1(4,5)13(9,10,11,12)2(6,7)8. The van der Waals surface area contributed by atoms with Gasteiger partial charge in [-0.15, -0.1) is 15.5 Å². The fraction of sp³-hybridized carbons (Fsp3) is 1.00. The molecule has 0 heterocycles. The average Bonchev–Trinajstić information content (AvgIpc) is 1.51. The van der Waals surface area contributed by atoms with Crippen LogP contribution in [0.25, 0.3) is 0 Å². The van der Waals surface area contributed by atoms with Gasteiger partial charge < -0.3 is 0 Å². The van der Waals surface area contributed by atoms with Gasteiger partial charge in [0, 0.05) is 0 Å². The molecule has 0 aromatic rings. The van der Waals surface area contributed by atoms with E-state index in [-0.39, 0.29) is 0 Å². The molecule has 0 rings (SSSR count). The summed E-state index contributed by atoms with van der Waals surface area (Å²) in [6.07, 6.45) is 0. The lowest BCUT2D eigenvalue weighted by atomic mass is 11.5. The SMILES string of the molecule is FC(F)(F)S(F)(F)(F)(F)C(F)(F)F. The first-order valence-corrected chi connectivity index (χ1v) is 4.21. The van der Waals surface area contributed by atoms with Crippen LogP contribution >= 0.6 is 9.84 Å². The van der Waals surface area contributed by atoms with E-state index in [1.165, 1.54) is 0 Å². The lowest BCUT2D eigenvalue weighted by Crippen LogP contribution is -2.44. The van der Waals surface area contributed by atoms with Gasteiger partial charge in [0.1, 0.15) is 0 Å². The molecular weight excluding hydrogens is 246 g/mol. The van der Waals surface area contributed by atoms with E-state index < -0.39 is 20.9 Å². The number of hydrogen-bond donors (Lipinski definition) is 0. The van der Waals surface area contributed by atoms with E-state index in [0.717, 1.165) is 0 Å². The Hall–Kier alpha value is -0.350. The molecule has 0 N–H and O–H groups in total. The van der Waals surface area contributed by atoms with Crippen molar-refractivity contribution in [3.63, 3.8) is 0 Å². The Kier molecular flexibility index (Phi) is 1.81. The number of halogens is 10. The van der Waals surface area contributed by atoms with Crippen molar-refractivity contribution in [3.05, 3.63) is 0 Å². The number of rotatable bonds is 0. The van der Waals surface area contributed by atoms with Crippen molar-refractivity contribution in [1.82, 2.24) is 0 Å². The molecule has 0 fully saturated rings. The van der Waals surface area contributed by atoms with Crippen molar-refractivity contribution in [3.8, 4) is 0 Å². The Morgan fingerprint density at radius 2 is 0.692 bits per heavy atom. The van der Waals surface area contributed by atoms with Crippen molar-refractivity contribution in [2.75, 3.05) is 0 Å². The second kappa shape index (κ2) is 1.86. The van der Waals surface area contributed by atoms with Gasteiger partial charge in [-0.2, -0.15) is 26.3 Å². The van der Waals surface area contributed by atoms with Crippen LogP contribution in [0, 0.1) is 0 Å². The molecule has 0 aliphatic carbocycles. The van der Waals surface area contributed by atoms with E-state index >= 15 is 0 Å². The summed E-state index contributed by atoms with van der Waals surface area (Å²) in [5.74, 6) is 0. The Morgan fingerprint density at radius 1 is 0.538 bits per heavy atom. The first-order valence-electron chi connectivity index (χ1n) is 2.16. The predicted molar refractivity (Wildman–Crippen MR) is 24.1 cm³/mol. The topological polar surface area (TPSA) is 0 Å². The molecule has 13 heavy (non-hydrogen) atoms. The fourth-order valence-electron chi connectivity index (χ4n) is 0.131. The highest BCUT2D eigenvalue weighted by molar-refractivity contribution is 8.51. The summed E-state index contributed by atoms with van der Waals surface area (Å²) in [6, 6.07) is 0. The molecular formula is C2F10S. The zero-order valence-corrected chi connectivity index (χ0v) is 6.00. The zero-order chi connectivity index (χ0) is 11.4. The molecule has 0 saturated heterocycles. The van der Waals surface area contributed by atoms with E-state index in [9.17, 15) is 41.9 Å². The lowest BCUT2D eigenvalue weighted by Gasteiger charge is -2.50. The van der Waals surface area contributed by atoms with E-state index in [1.54, 1.807) is 0 Å². The van der Waals surface area contributed by atoms with Crippen LogP contribution in [0.15, 0.2) is 0 Å².